The van der Waals surface area contributed by atoms with Crippen molar-refractivity contribution in [2.45, 2.75) is 76.3 Å². The molecule has 2 atom stereocenters. The summed E-state index contributed by atoms with van der Waals surface area (Å²) in [7, 11) is 0. The van der Waals surface area contributed by atoms with Gasteiger partial charge in [0.05, 0.1) is 17.6 Å². The molecule has 236 valence electrons. The number of nitrogens with zero attached hydrogens (tertiary/aromatic N) is 4. The first kappa shape index (κ1) is 28.2. The highest BCUT2D eigenvalue weighted by molar-refractivity contribution is 6.03. The molecule has 6 fully saturated rings. The van der Waals surface area contributed by atoms with E-state index in [1.165, 1.54) is 56.4 Å². The van der Waals surface area contributed by atoms with E-state index in [1.54, 1.807) is 6.20 Å². The van der Waals surface area contributed by atoms with Crippen molar-refractivity contribution in [3.05, 3.63) is 47.7 Å². The Morgan fingerprint density at radius 1 is 1.00 bits per heavy atom. The zero-order valence-corrected chi connectivity index (χ0v) is 25.8. The molecule has 7 nitrogen and oxygen atoms in total. The molecular formula is C37H37F2N5O2. The predicted molar refractivity (Wildman–Crippen MR) is 173 cm³/mol. The van der Waals surface area contributed by atoms with Crippen molar-refractivity contribution >= 4 is 27.5 Å². The predicted octanol–water partition coefficient (Wildman–Crippen LogP) is 6.88. The van der Waals surface area contributed by atoms with Gasteiger partial charge in [0.15, 0.2) is 5.82 Å². The standard InChI is InChI=1S/C37H37F2N5O2/c1-2-26-29(38)8-3-21-15-25(45)16-27(30(21)26)32-31(39)33-28(17-40-32)34(44-18-23-6-7-24(19-44)41-23)43-35(42-33)46-20-36-9-12-37(13-10-36,14-11-36)22-4-5-22/h1,3,8,15-17,22-24,41,45H,4-7,9-14,18-20H2/t23-,24+,36?,37?. The van der Waals surface area contributed by atoms with Crippen molar-refractivity contribution in [2.24, 2.45) is 16.7 Å². The van der Waals surface area contributed by atoms with Gasteiger partial charge in [0.25, 0.3) is 0 Å². The molecule has 2 aliphatic heterocycles. The number of phenols is 1. The zero-order chi connectivity index (χ0) is 31.2. The highest BCUT2D eigenvalue weighted by atomic mass is 19.1. The van der Waals surface area contributed by atoms with Crippen LogP contribution in [0.25, 0.3) is 32.9 Å². The van der Waals surface area contributed by atoms with Gasteiger partial charge in [0, 0.05) is 47.7 Å². The number of pyridine rings is 1. The number of hydrogen-bond acceptors (Lipinski definition) is 7. The van der Waals surface area contributed by atoms with E-state index >= 15 is 4.39 Å². The highest BCUT2D eigenvalue weighted by Gasteiger charge is 2.54. The van der Waals surface area contributed by atoms with Gasteiger partial charge in [0.2, 0.25) is 0 Å². The van der Waals surface area contributed by atoms with Gasteiger partial charge in [-0.2, -0.15) is 9.97 Å². The average molecular weight is 622 g/mol. The molecule has 4 saturated carbocycles. The Balaban J connectivity index is 1.14. The first-order valence-corrected chi connectivity index (χ1v) is 16.8. The van der Waals surface area contributed by atoms with Gasteiger partial charge >= 0.3 is 6.01 Å². The summed E-state index contributed by atoms with van der Waals surface area (Å²) in [5.41, 5.74) is 0.876. The molecule has 46 heavy (non-hydrogen) atoms. The number of fused-ring (bicyclic) bond motifs is 7. The number of benzene rings is 2. The van der Waals surface area contributed by atoms with Crippen LogP contribution in [0.15, 0.2) is 30.5 Å². The molecule has 4 heterocycles. The Bertz CT molecular complexity index is 1920. The number of aromatic nitrogens is 3. The SMILES string of the molecule is C#Cc1c(F)ccc2cc(O)cc(-c3ncc4c(N5C[C@H]6CC[C@@H](C5)N6)nc(OCC56CCC(C7CC7)(CC5)CC6)nc4c3F)c12. The van der Waals surface area contributed by atoms with Gasteiger partial charge in [0.1, 0.15) is 28.6 Å². The minimum atomic E-state index is -0.689. The number of ether oxygens (including phenoxy) is 1. The monoisotopic (exact) mass is 621 g/mol. The number of hydrogen-bond donors (Lipinski definition) is 2. The number of terminal acetylenes is 1. The minimum absolute atomic E-state index is 0.0117. The van der Waals surface area contributed by atoms with Gasteiger partial charge in [-0.25, -0.2) is 8.78 Å². The maximum absolute atomic E-state index is 16.8. The van der Waals surface area contributed by atoms with Crippen LogP contribution in [0.3, 0.4) is 0 Å². The highest BCUT2D eigenvalue weighted by Crippen LogP contribution is 2.64. The van der Waals surface area contributed by atoms with E-state index in [0.29, 0.717) is 46.1 Å². The van der Waals surface area contributed by atoms with Crippen LogP contribution in [0.4, 0.5) is 14.6 Å². The molecule has 2 saturated heterocycles. The molecule has 10 rings (SSSR count). The van der Waals surface area contributed by atoms with Crippen LogP contribution in [0, 0.1) is 40.7 Å². The fourth-order valence-corrected chi connectivity index (χ4v) is 9.27. The lowest BCUT2D eigenvalue weighted by Crippen LogP contribution is -2.51. The second-order valence-corrected chi connectivity index (χ2v) is 14.6. The van der Waals surface area contributed by atoms with Crippen LogP contribution < -0.4 is 15.0 Å². The first-order valence-electron chi connectivity index (χ1n) is 16.8. The maximum atomic E-state index is 16.8. The third kappa shape index (κ3) is 4.44. The second-order valence-electron chi connectivity index (χ2n) is 14.6. The fraction of sp³-hybridized carbons (Fsp3) is 0.486. The van der Waals surface area contributed by atoms with Gasteiger partial charge in [-0.15, -0.1) is 6.42 Å². The molecule has 0 unspecified atom stereocenters. The summed E-state index contributed by atoms with van der Waals surface area (Å²) in [6, 6.07) is 6.47. The van der Waals surface area contributed by atoms with Crippen LogP contribution in [-0.4, -0.2) is 51.8 Å². The van der Waals surface area contributed by atoms with E-state index in [9.17, 15) is 9.50 Å². The molecule has 0 spiro atoms. The van der Waals surface area contributed by atoms with E-state index < -0.39 is 11.6 Å². The fourth-order valence-electron chi connectivity index (χ4n) is 9.27. The lowest BCUT2D eigenvalue weighted by Gasteiger charge is -2.53. The average Bonchev–Trinajstić information content (AvgIpc) is 3.89. The summed E-state index contributed by atoms with van der Waals surface area (Å²) in [5.74, 6) is 2.55. The molecule has 4 aliphatic carbocycles. The van der Waals surface area contributed by atoms with Gasteiger partial charge in [-0.1, -0.05) is 12.0 Å². The molecule has 9 heteroatoms. The van der Waals surface area contributed by atoms with Crippen LogP contribution in [0.5, 0.6) is 11.8 Å². The van der Waals surface area contributed by atoms with Crippen molar-refractivity contribution in [2.75, 3.05) is 24.6 Å². The molecule has 0 amide bonds. The molecule has 2 aromatic carbocycles. The van der Waals surface area contributed by atoms with Crippen molar-refractivity contribution in [1.82, 2.24) is 20.3 Å². The van der Waals surface area contributed by atoms with Crippen molar-refractivity contribution < 1.29 is 18.6 Å². The number of nitrogens with one attached hydrogen (secondary N) is 1. The van der Waals surface area contributed by atoms with Crippen LogP contribution in [0.1, 0.15) is 69.8 Å². The van der Waals surface area contributed by atoms with E-state index in [4.69, 9.17) is 16.1 Å². The summed E-state index contributed by atoms with van der Waals surface area (Å²) in [4.78, 5) is 16.4. The Hall–Kier alpha value is -4.03. The number of phenolic OH excluding ortho intramolecular Hbond substituents is 1. The van der Waals surface area contributed by atoms with Gasteiger partial charge < -0.3 is 20.1 Å². The number of aromatic hydroxyl groups is 1. The molecule has 2 aromatic heterocycles. The zero-order valence-electron chi connectivity index (χ0n) is 25.8. The summed E-state index contributed by atoms with van der Waals surface area (Å²) >= 11 is 0. The quantitative estimate of drug-likeness (QED) is 0.227. The molecule has 2 N–H and O–H groups in total. The smallest absolute Gasteiger partial charge is 0.319 e. The lowest BCUT2D eigenvalue weighted by atomic mass is 9.52. The minimum Gasteiger partial charge on any atom is -0.508 e. The van der Waals surface area contributed by atoms with Crippen LogP contribution in [0.2, 0.25) is 0 Å². The molecule has 4 aromatic rings. The Morgan fingerprint density at radius 2 is 1.74 bits per heavy atom. The molecule has 0 radical (unpaired) electrons. The number of rotatable bonds is 6. The van der Waals surface area contributed by atoms with E-state index in [2.05, 4.69) is 26.1 Å². The van der Waals surface area contributed by atoms with Gasteiger partial charge in [-0.3, -0.25) is 4.98 Å². The number of piperazine rings is 1. The summed E-state index contributed by atoms with van der Waals surface area (Å²) in [5, 5.41) is 15.5. The first-order chi connectivity index (χ1) is 22.3. The van der Waals surface area contributed by atoms with Crippen molar-refractivity contribution in [3.63, 3.8) is 0 Å². The Kier molecular flexibility index (Phi) is 6.28. The van der Waals surface area contributed by atoms with Crippen molar-refractivity contribution in [3.8, 4) is 35.4 Å². The van der Waals surface area contributed by atoms with E-state index in [1.807, 2.05) is 0 Å². The third-order valence-electron chi connectivity index (χ3n) is 12.0. The summed E-state index contributed by atoms with van der Waals surface area (Å²) in [6.07, 6.45) is 19.6. The van der Waals surface area contributed by atoms with Crippen LogP contribution in [-0.2, 0) is 0 Å². The Labute approximate surface area is 266 Å². The lowest BCUT2D eigenvalue weighted by molar-refractivity contribution is -0.0487. The number of anilines is 1. The topological polar surface area (TPSA) is 83.4 Å². The third-order valence-corrected chi connectivity index (χ3v) is 12.0. The molecular weight excluding hydrogens is 584 g/mol. The summed E-state index contributed by atoms with van der Waals surface area (Å²) < 4.78 is 38.1. The molecule has 4 bridgehead atoms. The van der Waals surface area contributed by atoms with E-state index in [-0.39, 0.29) is 39.5 Å². The van der Waals surface area contributed by atoms with Crippen molar-refractivity contribution in [1.29, 1.82) is 0 Å². The van der Waals surface area contributed by atoms with E-state index in [0.717, 1.165) is 51.1 Å². The number of halogens is 2. The van der Waals surface area contributed by atoms with Crippen LogP contribution >= 0.6 is 0 Å². The summed E-state index contributed by atoms with van der Waals surface area (Å²) in [6.45, 7) is 2.02. The molecule has 6 aliphatic rings. The van der Waals surface area contributed by atoms with Gasteiger partial charge in [-0.05, 0) is 99.1 Å². The maximum Gasteiger partial charge on any atom is 0.319 e. The second kappa shape index (κ2) is 10.2. The largest absolute Gasteiger partial charge is 0.508 e. The normalized spacial score (nSPS) is 28.6. The Morgan fingerprint density at radius 3 is 2.43 bits per heavy atom.